The first-order valence-corrected chi connectivity index (χ1v) is 8.59. The van der Waals surface area contributed by atoms with E-state index in [4.69, 9.17) is 0 Å². The Hall–Kier alpha value is -0.610. The SMILES string of the molecule is CCC1CCC(O)(CNC(C)C(=O)NCCC(C)C)CC1. The molecule has 124 valence electrons. The zero-order chi connectivity index (χ0) is 15.9. The molecule has 0 spiro atoms. The van der Waals surface area contributed by atoms with Crippen LogP contribution >= 0.6 is 0 Å². The summed E-state index contributed by atoms with van der Waals surface area (Å²) in [6.07, 6.45) is 6.10. The van der Waals surface area contributed by atoms with Gasteiger partial charge in [-0.25, -0.2) is 0 Å². The van der Waals surface area contributed by atoms with E-state index in [1.165, 1.54) is 6.42 Å². The second kappa shape index (κ2) is 8.74. The molecule has 0 bridgehead atoms. The Morgan fingerprint density at radius 2 is 1.90 bits per heavy atom. The van der Waals surface area contributed by atoms with E-state index in [1.54, 1.807) is 0 Å². The molecule has 0 aliphatic heterocycles. The second-order valence-corrected chi connectivity index (χ2v) is 7.15. The van der Waals surface area contributed by atoms with Gasteiger partial charge < -0.3 is 15.7 Å². The molecule has 0 radical (unpaired) electrons. The van der Waals surface area contributed by atoms with Crippen molar-refractivity contribution in [2.24, 2.45) is 11.8 Å². The highest BCUT2D eigenvalue weighted by Gasteiger charge is 2.33. The fourth-order valence-electron chi connectivity index (χ4n) is 2.87. The summed E-state index contributed by atoms with van der Waals surface area (Å²) < 4.78 is 0. The van der Waals surface area contributed by atoms with Gasteiger partial charge >= 0.3 is 0 Å². The third-order valence-corrected chi connectivity index (χ3v) is 4.76. The van der Waals surface area contributed by atoms with E-state index in [0.717, 1.165) is 44.6 Å². The van der Waals surface area contributed by atoms with Gasteiger partial charge in [-0.3, -0.25) is 4.79 Å². The number of hydrogen-bond donors (Lipinski definition) is 3. The standard InChI is InChI=1S/C17H34N2O2/c1-5-15-6-9-17(21,10-7-15)12-19-14(4)16(20)18-11-8-13(2)3/h13-15,19,21H,5-12H2,1-4H3,(H,18,20). The molecule has 1 fully saturated rings. The quantitative estimate of drug-likeness (QED) is 0.645. The van der Waals surface area contributed by atoms with Crippen molar-refractivity contribution in [1.29, 1.82) is 0 Å². The highest BCUT2D eigenvalue weighted by molar-refractivity contribution is 5.81. The van der Waals surface area contributed by atoms with E-state index in [-0.39, 0.29) is 11.9 Å². The van der Waals surface area contributed by atoms with Crippen LogP contribution in [0.3, 0.4) is 0 Å². The minimum absolute atomic E-state index is 0.0292. The van der Waals surface area contributed by atoms with Gasteiger partial charge in [0.1, 0.15) is 0 Å². The van der Waals surface area contributed by atoms with Crippen LogP contribution < -0.4 is 10.6 Å². The van der Waals surface area contributed by atoms with E-state index in [0.29, 0.717) is 12.5 Å². The smallest absolute Gasteiger partial charge is 0.236 e. The van der Waals surface area contributed by atoms with Gasteiger partial charge in [-0.15, -0.1) is 0 Å². The Labute approximate surface area is 130 Å². The number of aliphatic hydroxyl groups is 1. The molecule has 1 atom stereocenters. The van der Waals surface area contributed by atoms with Crippen molar-refractivity contribution in [3.8, 4) is 0 Å². The van der Waals surface area contributed by atoms with Crippen LogP contribution in [-0.4, -0.2) is 35.7 Å². The van der Waals surface area contributed by atoms with Crippen molar-refractivity contribution < 1.29 is 9.90 Å². The Morgan fingerprint density at radius 1 is 1.29 bits per heavy atom. The van der Waals surface area contributed by atoms with Crippen molar-refractivity contribution in [1.82, 2.24) is 10.6 Å². The number of amides is 1. The Morgan fingerprint density at radius 3 is 2.43 bits per heavy atom. The predicted octanol–water partition coefficient (Wildman–Crippen LogP) is 2.46. The third kappa shape index (κ3) is 6.79. The lowest BCUT2D eigenvalue weighted by molar-refractivity contribution is -0.123. The predicted molar refractivity (Wildman–Crippen MR) is 87.1 cm³/mol. The second-order valence-electron chi connectivity index (χ2n) is 7.15. The van der Waals surface area contributed by atoms with Gasteiger partial charge in [-0.05, 0) is 50.9 Å². The fourth-order valence-corrected chi connectivity index (χ4v) is 2.87. The largest absolute Gasteiger partial charge is 0.389 e. The number of nitrogens with one attached hydrogen (secondary N) is 2. The molecule has 4 heteroatoms. The van der Waals surface area contributed by atoms with E-state index in [9.17, 15) is 9.90 Å². The molecule has 1 unspecified atom stereocenters. The average Bonchev–Trinajstić information content (AvgIpc) is 2.45. The summed E-state index contributed by atoms with van der Waals surface area (Å²) in [6, 6.07) is -0.245. The highest BCUT2D eigenvalue weighted by Crippen LogP contribution is 2.33. The van der Waals surface area contributed by atoms with Crippen LogP contribution in [0.2, 0.25) is 0 Å². The number of rotatable bonds is 8. The molecule has 0 saturated heterocycles. The van der Waals surface area contributed by atoms with E-state index < -0.39 is 5.60 Å². The number of carbonyl (C=O) groups is 1. The van der Waals surface area contributed by atoms with Crippen LogP contribution in [0.25, 0.3) is 0 Å². The molecule has 1 aliphatic carbocycles. The molecule has 4 nitrogen and oxygen atoms in total. The maximum atomic E-state index is 11.9. The molecule has 1 amide bonds. The molecule has 0 aromatic carbocycles. The first-order chi connectivity index (χ1) is 9.86. The summed E-state index contributed by atoms with van der Waals surface area (Å²) in [7, 11) is 0. The van der Waals surface area contributed by atoms with Crippen molar-refractivity contribution in [2.75, 3.05) is 13.1 Å². The topological polar surface area (TPSA) is 61.4 Å². The molecule has 0 aromatic rings. The molecule has 21 heavy (non-hydrogen) atoms. The normalized spacial score (nSPS) is 27.6. The summed E-state index contributed by atoms with van der Waals surface area (Å²) in [5, 5.41) is 16.7. The summed E-state index contributed by atoms with van der Waals surface area (Å²) in [5.74, 6) is 1.39. The molecule has 1 saturated carbocycles. The molecule has 1 aliphatic rings. The summed E-state index contributed by atoms with van der Waals surface area (Å²) in [4.78, 5) is 11.9. The maximum absolute atomic E-state index is 11.9. The Bertz CT molecular complexity index is 310. The first kappa shape index (κ1) is 18.4. The lowest BCUT2D eigenvalue weighted by Gasteiger charge is -2.36. The molecule has 0 heterocycles. The molecular formula is C17H34N2O2. The summed E-state index contributed by atoms with van der Waals surface area (Å²) in [5.41, 5.74) is -0.627. The van der Waals surface area contributed by atoms with Crippen LogP contribution in [-0.2, 0) is 4.79 Å². The third-order valence-electron chi connectivity index (χ3n) is 4.76. The minimum atomic E-state index is -0.627. The van der Waals surface area contributed by atoms with Crippen LogP contribution in [0.1, 0.15) is 66.2 Å². The molecule has 0 aromatic heterocycles. The lowest BCUT2D eigenvalue weighted by Crippen LogP contribution is -2.50. The number of hydrogen-bond acceptors (Lipinski definition) is 3. The minimum Gasteiger partial charge on any atom is -0.389 e. The van der Waals surface area contributed by atoms with Crippen molar-refractivity contribution in [3.63, 3.8) is 0 Å². The van der Waals surface area contributed by atoms with Gasteiger partial charge in [0.15, 0.2) is 0 Å². The monoisotopic (exact) mass is 298 g/mol. The van der Waals surface area contributed by atoms with Gasteiger partial charge in [0.2, 0.25) is 5.91 Å². The first-order valence-electron chi connectivity index (χ1n) is 8.59. The van der Waals surface area contributed by atoms with Gasteiger partial charge in [-0.1, -0.05) is 27.2 Å². The Balaban J connectivity index is 2.25. The molecule has 3 N–H and O–H groups in total. The van der Waals surface area contributed by atoms with E-state index in [1.807, 2.05) is 6.92 Å². The van der Waals surface area contributed by atoms with E-state index in [2.05, 4.69) is 31.4 Å². The zero-order valence-corrected chi connectivity index (χ0v) is 14.2. The van der Waals surface area contributed by atoms with Gasteiger partial charge in [0.05, 0.1) is 11.6 Å². The van der Waals surface area contributed by atoms with Gasteiger partial charge in [0.25, 0.3) is 0 Å². The van der Waals surface area contributed by atoms with Crippen molar-refractivity contribution in [2.45, 2.75) is 77.9 Å². The summed E-state index contributed by atoms with van der Waals surface area (Å²) in [6.45, 7) is 9.63. The average molecular weight is 298 g/mol. The Kier molecular flexibility index (Phi) is 7.67. The van der Waals surface area contributed by atoms with Crippen molar-refractivity contribution in [3.05, 3.63) is 0 Å². The van der Waals surface area contributed by atoms with Crippen LogP contribution in [0.5, 0.6) is 0 Å². The van der Waals surface area contributed by atoms with Crippen LogP contribution in [0, 0.1) is 11.8 Å². The van der Waals surface area contributed by atoms with Crippen LogP contribution in [0.15, 0.2) is 0 Å². The summed E-state index contributed by atoms with van der Waals surface area (Å²) >= 11 is 0. The molecular weight excluding hydrogens is 264 g/mol. The van der Waals surface area contributed by atoms with Gasteiger partial charge in [-0.2, -0.15) is 0 Å². The van der Waals surface area contributed by atoms with Gasteiger partial charge in [0, 0.05) is 13.1 Å². The lowest BCUT2D eigenvalue weighted by atomic mass is 9.78. The molecule has 1 rings (SSSR count). The fraction of sp³-hybridized carbons (Fsp3) is 0.941. The highest BCUT2D eigenvalue weighted by atomic mass is 16.3. The van der Waals surface area contributed by atoms with E-state index >= 15 is 0 Å². The van der Waals surface area contributed by atoms with Crippen LogP contribution in [0.4, 0.5) is 0 Å². The maximum Gasteiger partial charge on any atom is 0.236 e. The number of carbonyl (C=O) groups excluding carboxylic acids is 1. The zero-order valence-electron chi connectivity index (χ0n) is 14.2. The van der Waals surface area contributed by atoms with Crippen molar-refractivity contribution >= 4 is 5.91 Å².